The maximum absolute atomic E-state index is 12.4. The molecule has 2 aromatic carbocycles. The molecule has 30 heavy (non-hydrogen) atoms. The monoisotopic (exact) mass is 464 g/mol. The third-order valence-electron chi connectivity index (χ3n) is 4.53. The number of methoxy groups -OCH3 is 1. The van der Waals surface area contributed by atoms with Gasteiger partial charge in [0.25, 0.3) is 0 Å². The largest absolute Gasteiger partial charge is 0.497 e. The van der Waals surface area contributed by atoms with Crippen molar-refractivity contribution in [3.05, 3.63) is 58.1 Å². The highest BCUT2D eigenvalue weighted by Gasteiger charge is 2.16. The Bertz CT molecular complexity index is 1020. The fourth-order valence-corrected chi connectivity index (χ4v) is 4.03. The van der Waals surface area contributed by atoms with Gasteiger partial charge in [0.1, 0.15) is 5.75 Å². The second-order valence-electron chi connectivity index (χ2n) is 6.53. The SMILES string of the molecule is CCn1c(SCC(=O)NC(C)c2ccc(Cl)c(Cl)c2)nnc1-c1ccc(OC)cc1. The Hall–Kier alpha value is -2.22. The van der Waals surface area contributed by atoms with Crippen LogP contribution in [-0.2, 0) is 11.3 Å². The van der Waals surface area contributed by atoms with Crippen LogP contribution in [0.4, 0.5) is 0 Å². The normalized spacial score (nSPS) is 11.9. The van der Waals surface area contributed by atoms with Gasteiger partial charge in [-0.1, -0.05) is 41.0 Å². The van der Waals surface area contributed by atoms with Gasteiger partial charge in [-0.3, -0.25) is 4.79 Å². The number of hydrogen-bond donors (Lipinski definition) is 1. The number of nitrogens with one attached hydrogen (secondary N) is 1. The van der Waals surface area contributed by atoms with E-state index in [0.717, 1.165) is 22.7 Å². The maximum Gasteiger partial charge on any atom is 0.230 e. The van der Waals surface area contributed by atoms with Crippen LogP contribution in [0.5, 0.6) is 5.75 Å². The summed E-state index contributed by atoms with van der Waals surface area (Å²) >= 11 is 13.4. The molecule has 6 nitrogen and oxygen atoms in total. The Labute approximate surface area is 189 Å². The molecular formula is C21H22Cl2N4O2S. The van der Waals surface area contributed by atoms with Crippen LogP contribution in [-0.4, -0.2) is 33.5 Å². The van der Waals surface area contributed by atoms with Gasteiger partial charge in [-0.25, -0.2) is 0 Å². The number of nitrogens with zero attached hydrogens (tertiary/aromatic N) is 3. The molecule has 1 aromatic heterocycles. The average Bonchev–Trinajstić information content (AvgIpc) is 3.17. The van der Waals surface area contributed by atoms with E-state index in [0.29, 0.717) is 21.7 Å². The molecule has 0 radical (unpaired) electrons. The average molecular weight is 465 g/mol. The molecule has 1 atom stereocenters. The van der Waals surface area contributed by atoms with Gasteiger partial charge in [0.05, 0.1) is 28.9 Å². The number of halogens is 2. The van der Waals surface area contributed by atoms with Gasteiger partial charge in [-0.2, -0.15) is 0 Å². The topological polar surface area (TPSA) is 69.0 Å². The zero-order chi connectivity index (χ0) is 21.7. The quantitative estimate of drug-likeness (QED) is 0.461. The minimum Gasteiger partial charge on any atom is -0.497 e. The van der Waals surface area contributed by atoms with E-state index in [9.17, 15) is 4.79 Å². The predicted molar refractivity (Wildman–Crippen MR) is 121 cm³/mol. The highest BCUT2D eigenvalue weighted by Crippen LogP contribution is 2.27. The molecule has 0 aliphatic carbocycles. The lowest BCUT2D eigenvalue weighted by molar-refractivity contribution is -0.119. The Morgan fingerprint density at radius 1 is 1.17 bits per heavy atom. The summed E-state index contributed by atoms with van der Waals surface area (Å²) in [6, 6.07) is 12.8. The highest BCUT2D eigenvalue weighted by atomic mass is 35.5. The van der Waals surface area contributed by atoms with Crippen molar-refractivity contribution in [3.63, 3.8) is 0 Å². The summed E-state index contributed by atoms with van der Waals surface area (Å²) in [4.78, 5) is 12.4. The third kappa shape index (κ3) is 5.28. The molecule has 0 aliphatic heterocycles. The first kappa shape index (κ1) is 22.5. The van der Waals surface area contributed by atoms with Crippen LogP contribution in [0, 0.1) is 0 Å². The van der Waals surface area contributed by atoms with Gasteiger partial charge < -0.3 is 14.6 Å². The van der Waals surface area contributed by atoms with Crippen LogP contribution in [0.15, 0.2) is 47.6 Å². The molecule has 0 saturated carbocycles. The number of benzene rings is 2. The Kier molecular flexibility index (Phi) is 7.64. The van der Waals surface area contributed by atoms with E-state index in [1.54, 1.807) is 19.2 Å². The van der Waals surface area contributed by atoms with Crippen molar-refractivity contribution >= 4 is 40.9 Å². The van der Waals surface area contributed by atoms with E-state index in [4.69, 9.17) is 27.9 Å². The van der Waals surface area contributed by atoms with Crippen molar-refractivity contribution in [2.24, 2.45) is 0 Å². The van der Waals surface area contributed by atoms with E-state index in [1.807, 2.05) is 48.7 Å². The second-order valence-corrected chi connectivity index (χ2v) is 8.29. The van der Waals surface area contributed by atoms with Crippen LogP contribution in [0.1, 0.15) is 25.5 Å². The minimum absolute atomic E-state index is 0.102. The summed E-state index contributed by atoms with van der Waals surface area (Å²) in [6.45, 7) is 4.61. The molecular weight excluding hydrogens is 443 g/mol. The van der Waals surface area contributed by atoms with Gasteiger partial charge in [0, 0.05) is 12.1 Å². The Balaban J connectivity index is 1.64. The summed E-state index contributed by atoms with van der Waals surface area (Å²) in [7, 11) is 1.63. The fraction of sp³-hybridized carbons (Fsp3) is 0.286. The molecule has 158 valence electrons. The lowest BCUT2D eigenvalue weighted by Crippen LogP contribution is -2.28. The second kappa shape index (κ2) is 10.2. The van der Waals surface area contributed by atoms with Crippen LogP contribution < -0.4 is 10.1 Å². The predicted octanol–water partition coefficient (Wildman–Crippen LogP) is 5.25. The number of ether oxygens (including phenoxy) is 1. The van der Waals surface area contributed by atoms with Gasteiger partial charge in [0.2, 0.25) is 5.91 Å². The number of aromatic nitrogens is 3. The highest BCUT2D eigenvalue weighted by molar-refractivity contribution is 7.99. The number of carbonyl (C=O) groups excluding carboxylic acids is 1. The lowest BCUT2D eigenvalue weighted by atomic mass is 10.1. The first-order valence-corrected chi connectivity index (χ1v) is 11.1. The van der Waals surface area contributed by atoms with E-state index < -0.39 is 0 Å². The van der Waals surface area contributed by atoms with Crippen molar-refractivity contribution in [2.75, 3.05) is 12.9 Å². The molecule has 1 N–H and O–H groups in total. The van der Waals surface area contributed by atoms with Gasteiger partial charge in [-0.05, 0) is 55.8 Å². The number of thioether (sulfide) groups is 1. The summed E-state index contributed by atoms with van der Waals surface area (Å²) in [6.07, 6.45) is 0. The fourth-order valence-electron chi connectivity index (χ4n) is 2.91. The van der Waals surface area contributed by atoms with Crippen molar-refractivity contribution in [1.82, 2.24) is 20.1 Å². The summed E-state index contributed by atoms with van der Waals surface area (Å²) < 4.78 is 7.19. The molecule has 1 amide bonds. The smallest absolute Gasteiger partial charge is 0.230 e. The number of hydrogen-bond acceptors (Lipinski definition) is 5. The summed E-state index contributed by atoms with van der Waals surface area (Å²) in [5.74, 6) is 1.66. The van der Waals surface area contributed by atoms with Gasteiger partial charge in [-0.15, -0.1) is 10.2 Å². The molecule has 3 rings (SSSR count). The van der Waals surface area contributed by atoms with Crippen molar-refractivity contribution in [2.45, 2.75) is 31.6 Å². The Morgan fingerprint density at radius 3 is 2.53 bits per heavy atom. The molecule has 0 spiro atoms. The van der Waals surface area contributed by atoms with Gasteiger partial charge in [0.15, 0.2) is 11.0 Å². The van der Waals surface area contributed by atoms with E-state index in [2.05, 4.69) is 15.5 Å². The molecule has 3 aromatic rings. The van der Waals surface area contributed by atoms with Crippen LogP contribution in [0.2, 0.25) is 10.0 Å². The van der Waals surface area contributed by atoms with E-state index in [1.165, 1.54) is 11.8 Å². The number of carbonyl (C=O) groups is 1. The van der Waals surface area contributed by atoms with Crippen molar-refractivity contribution < 1.29 is 9.53 Å². The molecule has 0 bridgehead atoms. The van der Waals surface area contributed by atoms with Crippen LogP contribution >= 0.6 is 35.0 Å². The van der Waals surface area contributed by atoms with Crippen molar-refractivity contribution in [3.8, 4) is 17.1 Å². The van der Waals surface area contributed by atoms with E-state index >= 15 is 0 Å². The molecule has 0 aliphatic rings. The van der Waals surface area contributed by atoms with E-state index in [-0.39, 0.29) is 17.7 Å². The first-order chi connectivity index (χ1) is 14.4. The minimum atomic E-state index is -0.188. The molecule has 0 fully saturated rings. The molecule has 9 heteroatoms. The molecule has 1 unspecified atom stereocenters. The van der Waals surface area contributed by atoms with Crippen molar-refractivity contribution in [1.29, 1.82) is 0 Å². The number of rotatable bonds is 8. The van der Waals surface area contributed by atoms with Crippen LogP contribution in [0.3, 0.4) is 0 Å². The first-order valence-electron chi connectivity index (χ1n) is 9.37. The lowest BCUT2D eigenvalue weighted by Gasteiger charge is -2.15. The Morgan fingerprint density at radius 2 is 1.90 bits per heavy atom. The zero-order valence-electron chi connectivity index (χ0n) is 16.9. The third-order valence-corrected chi connectivity index (χ3v) is 6.24. The molecule has 1 heterocycles. The maximum atomic E-state index is 12.4. The number of amides is 1. The summed E-state index contributed by atoms with van der Waals surface area (Å²) in [5.41, 5.74) is 1.83. The van der Waals surface area contributed by atoms with Crippen LogP contribution in [0.25, 0.3) is 11.4 Å². The summed E-state index contributed by atoms with van der Waals surface area (Å²) in [5, 5.41) is 13.2. The zero-order valence-corrected chi connectivity index (χ0v) is 19.2. The molecule has 0 saturated heterocycles. The standard InChI is InChI=1S/C21H22Cl2N4O2S/c1-4-27-20(14-5-8-16(29-3)9-6-14)25-26-21(27)30-12-19(28)24-13(2)15-7-10-17(22)18(23)11-15/h5-11,13H,4,12H2,1-3H3,(H,24,28). The van der Waals surface area contributed by atoms with Gasteiger partial charge >= 0.3 is 0 Å².